The van der Waals surface area contributed by atoms with Gasteiger partial charge in [0.25, 0.3) is 0 Å². The molecule has 0 heterocycles. The fraction of sp³-hybridized carbons (Fsp3) is 0.727. The van der Waals surface area contributed by atoms with Crippen LogP contribution in [0.15, 0.2) is 24.8 Å². The second-order valence-corrected chi connectivity index (χ2v) is 6.27. The van der Waals surface area contributed by atoms with Crippen LogP contribution in [0.2, 0.25) is 0 Å². The molecule has 0 aliphatic rings. The number of hydrogen-bond donors (Lipinski definition) is 0. The van der Waals surface area contributed by atoms with Crippen LogP contribution < -0.4 is 0 Å². The molecule has 0 aromatic heterocycles. The van der Waals surface area contributed by atoms with Crippen molar-refractivity contribution in [3.63, 3.8) is 0 Å². The van der Waals surface area contributed by atoms with E-state index >= 15 is 0 Å². The molecule has 0 aromatic carbocycles. The minimum Gasteiger partial charge on any atom is -0.303 e. The number of rotatable bonds is 17. The molecule has 0 aromatic rings. The van der Waals surface area contributed by atoms with Crippen molar-refractivity contribution in [1.82, 2.24) is 0 Å². The molecule has 0 unspecified atom stereocenters. The van der Waals surface area contributed by atoms with Crippen LogP contribution in [-0.4, -0.2) is 12.6 Å². The Labute approximate surface area is 150 Å². The van der Waals surface area contributed by atoms with Gasteiger partial charge in [0.15, 0.2) is 0 Å². The maximum atomic E-state index is 9.97. The second kappa shape index (κ2) is 26.7. The SMILES string of the molecule is C=CCCCCCCCCC=O.CCCCCCCCC=CC=O. The first kappa shape index (κ1) is 25.1. The fourth-order valence-corrected chi connectivity index (χ4v) is 2.42. The molecule has 2 heteroatoms. The third-order valence-corrected chi connectivity index (χ3v) is 3.92. The minimum atomic E-state index is 0.743. The Kier molecular flexibility index (Phi) is 27.9. The second-order valence-electron chi connectivity index (χ2n) is 6.27. The molecule has 0 rings (SSSR count). The highest BCUT2D eigenvalue weighted by Crippen LogP contribution is 2.08. The van der Waals surface area contributed by atoms with E-state index in [1.807, 2.05) is 12.2 Å². The molecule has 0 fully saturated rings. The van der Waals surface area contributed by atoms with E-state index in [1.165, 1.54) is 70.6 Å². The summed E-state index contributed by atoms with van der Waals surface area (Å²) in [7, 11) is 0. The Morgan fingerprint density at radius 3 is 1.67 bits per heavy atom. The van der Waals surface area contributed by atoms with Crippen LogP contribution in [-0.2, 0) is 9.59 Å². The number of carbonyl (C=O) groups is 2. The first-order valence-electron chi connectivity index (χ1n) is 9.98. The molecule has 0 aliphatic heterocycles. The van der Waals surface area contributed by atoms with Crippen LogP contribution in [0.5, 0.6) is 0 Å². The highest BCUT2D eigenvalue weighted by Gasteiger charge is 1.89. The van der Waals surface area contributed by atoms with Crippen molar-refractivity contribution in [3.05, 3.63) is 24.8 Å². The highest BCUT2D eigenvalue weighted by molar-refractivity contribution is 5.64. The van der Waals surface area contributed by atoms with Gasteiger partial charge < -0.3 is 4.79 Å². The van der Waals surface area contributed by atoms with Gasteiger partial charge in [0, 0.05) is 6.42 Å². The van der Waals surface area contributed by atoms with E-state index in [1.54, 1.807) is 6.08 Å². The number of carbonyl (C=O) groups excluding carboxylic acids is 2. The third kappa shape index (κ3) is 28.9. The summed E-state index contributed by atoms with van der Waals surface area (Å²) >= 11 is 0. The lowest BCUT2D eigenvalue weighted by molar-refractivity contribution is -0.108. The first-order valence-corrected chi connectivity index (χ1v) is 9.98. The zero-order valence-corrected chi connectivity index (χ0v) is 16.0. The summed E-state index contributed by atoms with van der Waals surface area (Å²) in [6, 6.07) is 0. The Bertz CT molecular complexity index is 268. The van der Waals surface area contributed by atoms with E-state index < -0.39 is 0 Å². The lowest BCUT2D eigenvalue weighted by Gasteiger charge is -1.97. The topological polar surface area (TPSA) is 34.1 Å². The van der Waals surface area contributed by atoms with Crippen molar-refractivity contribution in [3.8, 4) is 0 Å². The molecule has 24 heavy (non-hydrogen) atoms. The van der Waals surface area contributed by atoms with Crippen LogP contribution in [0.4, 0.5) is 0 Å². The van der Waals surface area contributed by atoms with Gasteiger partial charge in [-0.05, 0) is 38.2 Å². The zero-order chi connectivity index (χ0) is 18.1. The highest BCUT2D eigenvalue weighted by atomic mass is 16.1. The molecule has 0 N–H and O–H groups in total. The number of hydrogen-bond acceptors (Lipinski definition) is 2. The largest absolute Gasteiger partial charge is 0.303 e. The number of aldehydes is 2. The maximum Gasteiger partial charge on any atom is 0.142 e. The summed E-state index contributed by atoms with van der Waals surface area (Å²) in [5.74, 6) is 0. The third-order valence-electron chi connectivity index (χ3n) is 3.92. The molecular formula is C22H40O2. The lowest BCUT2D eigenvalue weighted by Crippen LogP contribution is -1.80. The molecule has 0 amide bonds. The maximum absolute atomic E-state index is 9.97. The van der Waals surface area contributed by atoms with Crippen molar-refractivity contribution >= 4 is 12.6 Å². The lowest BCUT2D eigenvalue weighted by atomic mass is 10.1. The van der Waals surface area contributed by atoms with Crippen LogP contribution in [0, 0.1) is 0 Å². The van der Waals surface area contributed by atoms with Crippen molar-refractivity contribution in [2.45, 2.75) is 103 Å². The normalized spacial score (nSPS) is 10.2. The molecule has 0 spiro atoms. The first-order chi connectivity index (χ1) is 11.8. The predicted molar refractivity (Wildman–Crippen MR) is 106 cm³/mol. The minimum absolute atomic E-state index is 0.743. The molecule has 0 saturated carbocycles. The average molecular weight is 337 g/mol. The number of unbranched alkanes of at least 4 members (excludes halogenated alkanes) is 13. The molecule has 0 aliphatic carbocycles. The molecule has 0 saturated heterocycles. The van der Waals surface area contributed by atoms with Gasteiger partial charge in [0.2, 0.25) is 0 Å². The quantitative estimate of drug-likeness (QED) is 0.124. The van der Waals surface area contributed by atoms with E-state index in [4.69, 9.17) is 0 Å². The molecule has 140 valence electrons. The van der Waals surface area contributed by atoms with Gasteiger partial charge in [-0.15, -0.1) is 6.58 Å². The van der Waals surface area contributed by atoms with Crippen LogP contribution in [0.3, 0.4) is 0 Å². The predicted octanol–water partition coefficient (Wildman–Crippen LogP) is 6.98. The smallest absolute Gasteiger partial charge is 0.142 e. The van der Waals surface area contributed by atoms with E-state index in [0.29, 0.717) is 0 Å². The van der Waals surface area contributed by atoms with Crippen LogP contribution in [0.1, 0.15) is 103 Å². The van der Waals surface area contributed by atoms with E-state index in [9.17, 15) is 9.59 Å². The van der Waals surface area contributed by atoms with Crippen LogP contribution >= 0.6 is 0 Å². The van der Waals surface area contributed by atoms with Crippen LogP contribution in [0.25, 0.3) is 0 Å². The number of allylic oxidation sites excluding steroid dienone is 3. The Morgan fingerprint density at radius 2 is 1.17 bits per heavy atom. The van der Waals surface area contributed by atoms with Crippen molar-refractivity contribution in [2.75, 3.05) is 0 Å². The van der Waals surface area contributed by atoms with Gasteiger partial charge in [-0.3, -0.25) is 4.79 Å². The fourth-order valence-electron chi connectivity index (χ4n) is 2.42. The van der Waals surface area contributed by atoms with Crippen molar-refractivity contribution in [2.24, 2.45) is 0 Å². The van der Waals surface area contributed by atoms with Crippen molar-refractivity contribution < 1.29 is 9.59 Å². The van der Waals surface area contributed by atoms with Gasteiger partial charge in [-0.25, -0.2) is 0 Å². The monoisotopic (exact) mass is 336 g/mol. The van der Waals surface area contributed by atoms with E-state index in [-0.39, 0.29) is 0 Å². The Balaban J connectivity index is 0. The van der Waals surface area contributed by atoms with Gasteiger partial charge in [0.05, 0.1) is 0 Å². The summed E-state index contributed by atoms with van der Waals surface area (Å²) in [4.78, 5) is 19.9. The summed E-state index contributed by atoms with van der Waals surface area (Å²) in [6.45, 7) is 5.91. The van der Waals surface area contributed by atoms with Gasteiger partial charge >= 0.3 is 0 Å². The molecule has 0 bridgehead atoms. The Hall–Kier alpha value is -1.18. The average Bonchev–Trinajstić information content (AvgIpc) is 2.60. The molecule has 0 atom stereocenters. The van der Waals surface area contributed by atoms with Gasteiger partial charge in [-0.1, -0.05) is 76.9 Å². The molecular weight excluding hydrogens is 296 g/mol. The van der Waals surface area contributed by atoms with E-state index in [2.05, 4.69) is 13.5 Å². The van der Waals surface area contributed by atoms with Crippen molar-refractivity contribution in [1.29, 1.82) is 0 Å². The summed E-state index contributed by atoms with van der Waals surface area (Å²) in [5.41, 5.74) is 0. The molecule has 0 radical (unpaired) electrons. The van der Waals surface area contributed by atoms with E-state index in [0.717, 1.165) is 38.3 Å². The summed E-state index contributed by atoms with van der Waals surface area (Å²) < 4.78 is 0. The summed E-state index contributed by atoms with van der Waals surface area (Å²) in [6.07, 6.45) is 25.7. The van der Waals surface area contributed by atoms with Gasteiger partial charge in [0.1, 0.15) is 12.6 Å². The zero-order valence-electron chi connectivity index (χ0n) is 16.0. The van der Waals surface area contributed by atoms with Gasteiger partial charge in [-0.2, -0.15) is 0 Å². The Morgan fingerprint density at radius 1 is 0.667 bits per heavy atom. The standard InChI is InChI=1S/2C11H20O/c2*1-2-3-4-5-6-7-8-9-10-11-12/h9-11H,2-8H2,1H3;2,11H,1,3-10H2. The summed E-state index contributed by atoms with van der Waals surface area (Å²) in [5, 5.41) is 0. The molecule has 2 nitrogen and oxygen atoms in total.